The number of rotatable bonds is 6. The van der Waals surface area contributed by atoms with Crippen molar-refractivity contribution in [2.24, 2.45) is 11.7 Å². The molecule has 0 bridgehead atoms. The minimum absolute atomic E-state index is 0.0438. The predicted molar refractivity (Wildman–Crippen MR) is 108 cm³/mol. The lowest BCUT2D eigenvalue weighted by Gasteiger charge is -2.33. The molecule has 2 amide bonds. The van der Waals surface area contributed by atoms with Gasteiger partial charge in [-0.1, -0.05) is 30.3 Å². The first-order valence-electron chi connectivity index (χ1n) is 9.31. The van der Waals surface area contributed by atoms with E-state index >= 15 is 0 Å². The van der Waals surface area contributed by atoms with Crippen molar-refractivity contribution < 1.29 is 9.59 Å². The van der Waals surface area contributed by atoms with Crippen molar-refractivity contribution in [1.82, 2.24) is 0 Å². The summed E-state index contributed by atoms with van der Waals surface area (Å²) in [5.74, 6) is -0.325. The first-order valence-corrected chi connectivity index (χ1v) is 9.31. The monoisotopic (exact) mass is 366 g/mol. The SMILES string of the molecule is NC(=O)C1CCN(c2ccccc2NC(=O)CCc2ccccc2N)CC1. The van der Waals surface area contributed by atoms with Gasteiger partial charge in [0.1, 0.15) is 0 Å². The molecule has 0 saturated carbocycles. The molecule has 142 valence electrons. The zero-order valence-electron chi connectivity index (χ0n) is 15.4. The van der Waals surface area contributed by atoms with Crippen molar-refractivity contribution in [2.75, 3.05) is 29.0 Å². The number of carbonyl (C=O) groups is 2. The number of nitrogen functional groups attached to an aromatic ring is 1. The van der Waals surface area contributed by atoms with Gasteiger partial charge in [0.05, 0.1) is 11.4 Å². The Balaban J connectivity index is 1.61. The van der Waals surface area contributed by atoms with Crippen molar-refractivity contribution in [3.8, 4) is 0 Å². The number of nitrogens with zero attached hydrogens (tertiary/aromatic N) is 1. The standard InChI is InChI=1S/C21H26N4O2/c22-17-6-2-1-5-15(17)9-10-20(26)24-18-7-3-4-8-19(18)25-13-11-16(12-14-25)21(23)27/h1-8,16H,9-14,22H2,(H2,23,27)(H,24,26). The van der Waals surface area contributed by atoms with Crippen LogP contribution in [0.3, 0.4) is 0 Å². The van der Waals surface area contributed by atoms with Gasteiger partial charge < -0.3 is 21.7 Å². The van der Waals surface area contributed by atoms with Gasteiger partial charge in [-0.15, -0.1) is 0 Å². The van der Waals surface area contributed by atoms with Gasteiger partial charge in [0.25, 0.3) is 0 Å². The second kappa shape index (κ2) is 8.58. The summed E-state index contributed by atoms with van der Waals surface area (Å²) in [5, 5.41) is 3.02. The molecule has 6 nitrogen and oxygen atoms in total. The molecule has 1 saturated heterocycles. The Labute approximate surface area is 159 Å². The highest BCUT2D eigenvalue weighted by atomic mass is 16.2. The number of aryl methyl sites for hydroxylation is 1. The fraction of sp³-hybridized carbons (Fsp3) is 0.333. The van der Waals surface area contributed by atoms with Crippen molar-refractivity contribution in [3.63, 3.8) is 0 Å². The van der Waals surface area contributed by atoms with E-state index in [2.05, 4.69) is 10.2 Å². The molecule has 1 heterocycles. The van der Waals surface area contributed by atoms with Gasteiger partial charge in [-0.05, 0) is 43.0 Å². The number of nitrogens with one attached hydrogen (secondary N) is 1. The average Bonchev–Trinajstić information content (AvgIpc) is 2.68. The van der Waals surface area contributed by atoms with Crippen LogP contribution in [-0.4, -0.2) is 24.9 Å². The summed E-state index contributed by atoms with van der Waals surface area (Å²) in [4.78, 5) is 26.0. The fourth-order valence-electron chi connectivity index (χ4n) is 3.48. The Hall–Kier alpha value is -3.02. The highest BCUT2D eigenvalue weighted by Gasteiger charge is 2.24. The van der Waals surface area contributed by atoms with Crippen molar-refractivity contribution in [3.05, 3.63) is 54.1 Å². The Bertz CT molecular complexity index is 813. The molecule has 27 heavy (non-hydrogen) atoms. The molecule has 0 unspecified atom stereocenters. The van der Waals surface area contributed by atoms with Crippen molar-refractivity contribution >= 4 is 28.9 Å². The zero-order chi connectivity index (χ0) is 19.2. The van der Waals surface area contributed by atoms with Crippen LogP contribution in [0.2, 0.25) is 0 Å². The second-order valence-corrected chi connectivity index (χ2v) is 6.93. The molecule has 3 rings (SSSR count). The van der Waals surface area contributed by atoms with Crippen LogP contribution in [-0.2, 0) is 16.0 Å². The maximum absolute atomic E-state index is 12.4. The van der Waals surface area contributed by atoms with Gasteiger partial charge in [-0.3, -0.25) is 9.59 Å². The third kappa shape index (κ3) is 4.78. The number of benzene rings is 2. The first-order chi connectivity index (χ1) is 13.0. The molecular weight excluding hydrogens is 340 g/mol. The van der Waals surface area contributed by atoms with Crippen LogP contribution in [0, 0.1) is 5.92 Å². The molecule has 0 radical (unpaired) electrons. The Kier molecular flexibility index (Phi) is 5.96. The number of amides is 2. The fourth-order valence-corrected chi connectivity index (χ4v) is 3.48. The minimum Gasteiger partial charge on any atom is -0.399 e. The number of primary amides is 1. The van der Waals surface area contributed by atoms with Gasteiger partial charge in [0.15, 0.2) is 0 Å². The van der Waals surface area contributed by atoms with E-state index in [1.807, 2.05) is 48.5 Å². The van der Waals surface area contributed by atoms with Gasteiger partial charge in [0, 0.05) is 31.1 Å². The maximum atomic E-state index is 12.4. The molecule has 0 aromatic heterocycles. The Morgan fingerprint density at radius 1 is 1.04 bits per heavy atom. The van der Waals surface area contributed by atoms with Gasteiger partial charge in [-0.25, -0.2) is 0 Å². The molecule has 6 heteroatoms. The second-order valence-electron chi connectivity index (χ2n) is 6.93. The third-order valence-electron chi connectivity index (χ3n) is 5.09. The van der Waals surface area contributed by atoms with Crippen molar-refractivity contribution in [2.45, 2.75) is 25.7 Å². The summed E-state index contributed by atoms with van der Waals surface area (Å²) in [6.07, 6.45) is 2.45. The summed E-state index contributed by atoms with van der Waals surface area (Å²) in [6, 6.07) is 15.4. The van der Waals surface area contributed by atoms with E-state index in [9.17, 15) is 9.59 Å². The smallest absolute Gasteiger partial charge is 0.224 e. The molecule has 1 fully saturated rings. The van der Waals surface area contributed by atoms with Crippen LogP contribution in [0.25, 0.3) is 0 Å². The number of para-hydroxylation sites is 3. The molecule has 1 aliphatic heterocycles. The summed E-state index contributed by atoms with van der Waals surface area (Å²) >= 11 is 0. The summed E-state index contributed by atoms with van der Waals surface area (Å²) in [6.45, 7) is 1.50. The van der Waals surface area contributed by atoms with Gasteiger partial charge >= 0.3 is 0 Å². The number of carbonyl (C=O) groups excluding carboxylic acids is 2. The molecular formula is C21H26N4O2. The van der Waals surface area contributed by atoms with E-state index in [0.29, 0.717) is 18.5 Å². The Morgan fingerprint density at radius 3 is 2.41 bits per heavy atom. The summed E-state index contributed by atoms with van der Waals surface area (Å²) in [7, 11) is 0. The molecule has 2 aromatic rings. The number of hydrogen-bond acceptors (Lipinski definition) is 4. The molecule has 0 aliphatic carbocycles. The third-order valence-corrected chi connectivity index (χ3v) is 5.09. The maximum Gasteiger partial charge on any atom is 0.224 e. The number of hydrogen-bond donors (Lipinski definition) is 3. The molecule has 1 aliphatic rings. The van der Waals surface area contributed by atoms with Crippen LogP contribution in [0.5, 0.6) is 0 Å². The minimum atomic E-state index is -0.226. The number of piperidine rings is 1. The molecule has 0 spiro atoms. The van der Waals surface area contributed by atoms with Crippen LogP contribution < -0.4 is 21.7 Å². The van der Waals surface area contributed by atoms with Gasteiger partial charge in [-0.2, -0.15) is 0 Å². The molecule has 0 atom stereocenters. The van der Waals surface area contributed by atoms with E-state index < -0.39 is 0 Å². The first kappa shape index (κ1) is 18.8. The van der Waals surface area contributed by atoms with E-state index in [1.165, 1.54) is 0 Å². The van der Waals surface area contributed by atoms with Gasteiger partial charge in [0.2, 0.25) is 11.8 Å². The summed E-state index contributed by atoms with van der Waals surface area (Å²) in [5.41, 5.74) is 14.8. The molecule has 5 N–H and O–H groups in total. The lowest BCUT2D eigenvalue weighted by Crippen LogP contribution is -2.38. The quantitative estimate of drug-likeness (QED) is 0.684. The predicted octanol–water partition coefficient (Wildman–Crippen LogP) is 2.54. The lowest BCUT2D eigenvalue weighted by atomic mass is 9.96. The summed E-state index contributed by atoms with van der Waals surface area (Å²) < 4.78 is 0. The normalized spacial score (nSPS) is 14.7. The average molecular weight is 366 g/mol. The van der Waals surface area contributed by atoms with Crippen LogP contribution in [0.15, 0.2) is 48.5 Å². The number of anilines is 3. The van der Waals surface area contributed by atoms with E-state index in [1.54, 1.807) is 0 Å². The number of nitrogens with two attached hydrogens (primary N) is 2. The van der Waals surface area contributed by atoms with Crippen LogP contribution in [0.1, 0.15) is 24.8 Å². The van der Waals surface area contributed by atoms with E-state index in [0.717, 1.165) is 42.9 Å². The van der Waals surface area contributed by atoms with E-state index in [4.69, 9.17) is 11.5 Å². The highest BCUT2D eigenvalue weighted by Crippen LogP contribution is 2.30. The largest absolute Gasteiger partial charge is 0.399 e. The van der Waals surface area contributed by atoms with Crippen LogP contribution in [0.4, 0.5) is 17.1 Å². The van der Waals surface area contributed by atoms with E-state index in [-0.39, 0.29) is 17.7 Å². The Morgan fingerprint density at radius 2 is 1.70 bits per heavy atom. The lowest BCUT2D eigenvalue weighted by molar-refractivity contribution is -0.122. The molecule has 2 aromatic carbocycles. The van der Waals surface area contributed by atoms with Crippen molar-refractivity contribution in [1.29, 1.82) is 0 Å². The topological polar surface area (TPSA) is 101 Å². The highest BCUT2D eigenvalue weighted by molar-refractivity contribution is 5.94. The van der Waals surface area contributed by atoms with Crippen LogP contribution >= 0.6 is 0 Å². The zero-order valence-corrected chi connectivity index (χ0v) is 15.4.